The third kappa shape index (κ3) is 5.35. The highest BCUT2D eigenvalue weighted by molar-refractivity contribution is 6.30. The van der Waals surface area contributed by atoms with Crippen LogP contribution in [0.1, 0.15) is 76.5 Å². The number of carbonyl (C=O) groups is 1. The van der Waals surface area contributed by atoms with Gasteiger partial charge in [0, 0.05) is 36.1 Å². The Kier molecular flexibility index (Phi) is 7.85. The van der Waals surface area contributed by atoms with Crippen molar-refractivity contribution in [2.24, 2.45) is 0 Å². The molecule has 1 atom stereocenters. The van der Waals surface area contributed by atoms with Crippen LogP contribution < -0.4 is 4.90 Å². The van der Waals surface area contributed by atoms with Crippen molar-refractivity contribution in [1.82, 2.24) is 9.55 Å². The fraction of sp³-hybridized carbons (Fsp3) is 0.481. The van der Waals surface area contributed by atoms with E-state index in [1.807, 2.05) is 35.2 Å². The zero-order valence-corrected chi connectivity index (χ0v) is 19.9. The maximum Gasteiger partial charge on any atom is 0.227 e. The van der Waals surface area contributed by atoms with Crippen LogP contribution in [0.15, 0.2) is 48.5 Å². The van der Waals surface area contributed by atoms with Gasteiger partial charge >= 0.3 is 0 Å². The first-order chi connectivity index (χ1) is 15.7. The molecule has 1 saturated heterocycles. The Labute approximate surface area is 196 Å². The fourth-order valence-corrected chi connectivity index (χ4v) is 5.00. The molecule has 1 unspecified atom stereocenters. The van der Waals surface area contributed by atoms with Crippen LogP contribution in [0, 0.1) is 0 Å². The minimum Gasteiger partial charge on any atom is -0.328 e. The molecule has 0 N–H and O–H groups in total. The molecule has 32 heavy (non-hydrogen) atoms. The van der Waals surface area contributed by atoms with Gasteiger partial charge in [-0.05, 0) is 36.8 Å². The predicted octanol–water partition coefficient (Wildman–Crippen LogP) is 7.35. The highest BCUT2D eigenvalue weighted by Gasteiger charge is 2.34. The average Bonchev–Trinajstić information content (AvgIpc) is 3.36. The molecule has 0 aliphatic carbocycles. The van der Waals surface area contributed by atoms with Crippen molar-refractivity contribution < 1.29 is 4.79 Å². The van der Waals surface area contributed by atoms with Gasteiger partial charge in [0.25, 0.3) is 0 Å². The monoisotopic (exact) mass is 451 g/mol. The highest BCUT2D eigenvalue weighted by Crippen LogP contribution is 2.34. The van der Waals surface area contributed by atoms with E-state index in [0.29, 0.717) is 18.0 Å². The van der Waals surface area contributed by atoms with E-state index in [2.05, 4.69) is 29.7 Å². The Hall–Kier alpha value is -2.33. The van der Waals surface area contributed by atoms with E-state index < -0.39 is 0 Å². The summed E-state index contributed by atoms with van der Waals surface area (Å²) in [7, 11) is 0. The Morgan fingerprint density at radius 2 is 1.72 bits per heavy atom. The van der Waals surface area contributed by atoms with E-state index in [-0.39, 0.29) is 11.8 Å². The number of benzene rings is 2. The smallest absolute Gasteiger partial charge is 0.227 e. The summed E-state index contributed by atoms with van der Waals surface area (Å²) in [6.45, 7) is 3.88. The number of carbonyl (C=O) groups excluding carboxylic acids is 1. The average molecular weight is 452 g/mol. The van der Waals surface area contributed by atoms with Crippen LogP contribution in [-0.2, 0) is 11.3 Å². The molecule has 1 aromatic heterocycles. The molecule has 2 heterocycles. The summed E-state index contributed by atoms with van der Waals surface area (Å²) >= 11 is 6.17. The molecule has 1 aliphatic heterocycles. The molecule has 4 nitrogen and oxygen atoms in total. The SMILES string of the molecule is CCCCCCCCCCn1c(C2CC(=O)N(c3cccc(Cl)c3)C2)nc2ccccc21. The predicted molar refractivity (Wildman–Crippen MR) is 134 cm³/mol. The van der Waals surface area contributed by atoms with Crippen LogP contribution in [-0.4, -0.2) is 22.0 Å². The molecule has 0 spiro atoms. The molecule has 3 aromatic rings. The lowest BCUT2D eigenvalue weighted by Gasteiger charge is -2.17. The van der Waals surface area contributed by atoms with Crippen LogP contribution in [0.3, 0.4) is 0 Å². The number of aromatic nitrogens is 2. The van der Waals surface area contributed by atoms with E-state index in [9.17, 15) is 4.79 Å². The number of para-hydroxylation sites is 2. The Morgan fingerprint density at radius 3 is 2.50 bits per heavy atom. The number of imidazole rings is 1. The van der Waals surface area contributed by atoms with E-state index in [1.165, 1.54) is 50.5 Å². The van der Waals surface area contributed by atoms with E-state index in [0.717, 1.165) is 30.0 Å². The maximum absolute atomic E-state index is 12.8. The molecule has 0 bridgehead atoms. The summed E-state index contributed by atoms with van der Waals surface area (Å²) < 4.78 is 2.37. The van der Waals surface area contributed by atoms with Gasteiger partial charge < -0.3 is 9.47 Å². The number of fused-ring (bicyclic) bond motifs is 1. The largest absolute Gasteiger partial charge is 0.328 e. The van der Waals surface area contributed by atoms with Gasteiger partial charge in [-0.2, -0.15) is 0 Å². The molecule has 1 amide bonds. The molecule has 170 valence electrons. The number of anilines is 1. The van der Waals surface area contributed by atoms with Crippen molar-refractivity contribution in [3.63, 3.8) is 0 Å². The summed E-state index contributed by atoms with van der Waals surface area (Å²) in [4.78, 5) is 19.7. The molecule has 4 rings (SSSR count). The van der Waals surface area contributed by atoms with Gasteiger partial charge in [-0.25, -0.2) is 4.98 Å². The van der Waals surface area contributed by atoms with Gasteiger partial charge in [0.1, 0.15) is 5.82 Å². The molecule has 2 aromatic carbocycles. The zero-order chi connectivity index (χ0) is 22.3. The number of amides is 1. The summed E-state index contributed by atoms with van der Waals surface area (Å²) in [5.74, 6) is 1.29. The van der Waals surface area contributed by atoms with Gasteiger partial charge in [-0.3, -0.25) is 4.79 Å². The van der Waals surface area contributed by atoms with Crippen molar-refractivity contribution in [3.05, 3.63) is 59.4 Å². The molecular formula is C27H34ClN3O. The van der Waals surface area contributed by atoms with E-state index in [1.54, 1.807) is 0 Å². The third-order valence-electron chi connectivity index (χ3n) is 6.53. The number of halogens is 1. The van der Waals surface area contributed by atoms with Crippen LogP contribution in [0.4, 0.5) is 5.69 Å². The first kappa shape index (κ1) is 22.8. The lowest BCUT2D eigenvalue weighted by molar-refractivity contribution is -0.117. The molecular weight excluding hydrogens is 418 g/mol. The second-order valence-electron chi connectivity index (χ2n) is 8.97. The van der Waals surface area contributed by atoms with Gasteiger partial charge in [-0.1, -0.05) is 81.7 Å². The quantitative estimate of drug-likeness (QED) is 0.286. The zero-order valence-electron chi connectivity index (χ0n) is 19.1. The minimum atomic E-state index is 0.0999. The summed E-state index contributed by atoms with van der Waals surface area (Å²) in [6.07, 6.45) is 10.9. The standard InChI is InChI=1S/C27H34ClN3O/c1-2-3-4-5-6-7-8-11-17-30-25-16-10-9-15-24(25)29-27(30)21-18-26(32)31(20-21)23-14-12-13-22(28)19-23/h9-10,12-16,19,21H,2-8,11,17-18,20H2,1H3. The van der Waals surface area contributed by atoms with Crippen molar-refractivity contribution in [1.29, 1.82) is 0 Å². The number of aryl methyl sites for hydroxylation is 1. The molecule has 0 radical (unpaired) electrons. The van der Waals surface area contributed by atoms with E-state index in [4.69, 9.17) is 16.6 Å². The first-order valence-corrected chi connectivity index (χ1v) is 12.6. The van der Waals surface area contributed by atoms with Crippen LogP contribution >= 0.6 is 11.6 Å². The fourth-order valence-electron chi connectivity index (χ4n) is 4.82. The van der Waals surface area contributed by atoms with Gasteiger partial charge in [0.15, 0.2) is 0 Å². The van der Waals surface area contributed by atoms with Crippen molar-refractivity contribution >= 4 is 34.2 Å². The number of unbranched alkanes of at least 4 members (excludes halogenated alkanes) is 7. The topological polar surface area (TPSA) is 38.1 Å². The highest BCUT2D eigenvalue weighted by atomic mass is 35.5. The Morgan fingerprint density at radius 1 is 0.969 bits per heavy atom. The lowest BCUT2D eigenvalue weighted by Crippen LogP contribution is -2.24. The number of rotatable bonds is 11. The van der Waals surface area contributed by atoms with Crippen LogP contribution in [0.25, 0.3) is 11.0 Å². The molecule has 5 heteroatoms. The second-order valence-corrected chi connectivity index (χ2v) is 9.41. The minimum absolute atomic E-state index is 0.0999. The molecule has 1 fully saturated rings. The van der Waals surface area contributed by atoms with Crippen molar-refractivity contribution in [2.45, 2.75) is 77.2 Å². The summed E-state index contributed by atoms with van der Waals surface area (Å²) in [5, 5.41) is 0.653. The van der Waals surface area contributed by atoms with Crippen molar-refractivity contribution in [3.8, 4) is 0 Å². The van der Waals surface area contributed by atoms with Gasteiger partial charge in [-0.15, -0.1) is 0 Å². The van der Waals surface area contributed by atoms with Crippen LogP contribution in [0.5, 0.6) is 0 Å². The first-order valence-electron chi connectivity index (χ1n) is 12.2. The number of nitrogens with zero attached hydrogens (tertiary/aromatic N) is 3. The Balaban J connectivity index is 1.45. The summed E-state index contributed by atoms with van der Waals surface area (Å²) in [5.41, 5.74) is 3.07. The number of hydrogen-bond acceptors (Lipinski definition) is 2. The third-order valence-corrected chi connectivity index (χ3v) is 6.76. The normalized spacial score (nSPS) is 16.4. The Bertz CT molecular complexity index is 1040. The van der Waals surface area contributed by atoms with E-state index >= 15 is 0 Å². The molecule has 0 saturated carbocycles. The number of hydrogen-bond donors (Lipinski definition) is 0. The molecule has 1 aliphatic rings. The van der Waals surface area contributed by atoms with Crippen LogP contribution in [0.2, 0.25) is 5.02 Å². The lowest BCUT2D eigenvalue weighted by atomic mass is 10.1. The van der Waals surface area contributed by atoms with Gasteiger partial charge in [0.05, 0.1) is 11.0 Å². The van der Waals surface area contributed by atoms with Gasteiger partial charge in [0.2, 0.25) is 5.91 Å². The van der Waals surface area contributed by atoms with Crippen molar-refractivity contribution in [2.75, 3.05) is 11.4 Å². The second kappa shape index (κ2) is 11.0. The maximum atomic E-state index is 12.8. The summed E-state index contributed by atoms with van der Waals surface area (Å²) in [6, 6.07) is 15.9.